The van der Waals surface area contributed by atoms with Gasteiger partial charge in [-0.2, -0.15) is 0 Å². The van der Waals surface area contributed by atoms with Crippen LogP contribution in [0.25, 0.3) is 0 Å². The molecule has 1 atom stereocenters. The van der Waals surface area contributed by atoms with Gasteiger partial charge in [-0.25, -0.2) is 0 Å². The minimum atomic E-state index is -0.862. The highest BCUT2D eigenvalue weighted by molar-refractivity contribution is 4.71. The average Bonchev–Trinajstić information content (AvgIpc) is 2.53. The van der Waals surface area contributed by atoms with Crippen LogP contribution in [0.15, 0.2) is 12.7 Å². The van der Waals surface area contributed by atoms with Crippen LogP contribution in [0.5, 0.6) is 0 Å². The topological polar surface area (TPSA) is 27.7 Å². The third-order valence-electron chi connectivity index (χ3n) is 3.90. The molecular weight excluding hydrogens is 276 g/mol. The molecule has 0 spiro atoms. The molecule has 0 N–H and O–H groups in total. The van der Waals surface area contributed by atoms with Gasteiger partial charge in [-0.05, 0) is 19.8 Å². The molecule has 0 bridgehead atoms. The fourth-order valence-electron chi connectivity index (χ4n) is 2.77. The molecule has 22 heavy (non-hydrogen) atoms. The summed E-state index contributed by atoms with van der Waals surface area (Å²) in [6.45, 7) is 9.70. The van der Waals surface area contributed by atoms with Crippen LogP contribution >= 0.6 is 0 Å². The first kappa shape index (κ1) is 23.9. The minimum Gasteiger partial charge on any atom is -0.331 e. The minimum absolute atomic E-state index is 0.309. The Labute approximate surface area is 139 Å². The average molecular weight is 317 g/mol. The van der Waals surface area contributed by atoms with Gasteiger partial charge in [-0.1, -0.05) is 64.9 Å². The molecule has 0 fully saturated rings. The molecule has 0 aromatic carbocycles. The van der Waals surface area contributed by atoms with E-state index in [1.807, 2.05) is 6.92 Å². The summed E-state index contributed by atoms with van der Waals surface area (Å²) in [5.41, 5.74) is 0. The Balaban J connectivity index is 0. The number of hydrogen-bond acceptors (Lipinski definition) is 3. The fourth-order valence-corrected chi connectivity index (χ4v) is 2.77. The van der Waals surface area contributed by atoms with Crippen molar-refractivity contribution in [3.63, 3.8) is 0 Å². The molecule has 0 saturated carbocycles. The van der Waals surface area contributed by atoms with Crippen LogP contribution in [0, 0.1) is 5.92 Å². The van der Waals surface area contributed by atoms with Gasteiger partial charge in [-0.3, -0.25) is 0 Å². The van der Waals surface area contributed by atoms with Crippen molar-refractivity contribution in [2.75, 3.05) is 21.3 Å². The van der Waals surface area contributed by atoms with E-state index in [-0.39, 0.29) is 0 Å². The van der Waals surface area contributed by atoms with Gasteiger partial charge in [0, 0.05) is 27.2 Å². The summed E-state index contributed by atoms with van der Waals surface area (Å²) >= 11 is 0. The maximum absolute atomic E-state index is 5.50. The first-order chi connectivity index (χ1) is 10.6. The summed E-state index contributed by atoms with van der Waals surface area (Å²) in [4.78, 5) is 0. The molecule has 0 aliphatic rings. The largest absolute Gasteiger partial charge is 0.331 e. The summed E-state index contributed by atoms with van der Waals surface area (Å²) in [5.74, 6) is -0.553. The van der Waals surface area contributed by atoms with Crippen LogP contribution in [-0.2, 0) is 14.2 Å². The third kappa shape index (κ3) is 10.4. The van der Waals surface area contributed by atoms with Crippen molar-refractivity contribution in [3.05, 3.63) is 12.7 Å². The lowest BCUT2D eigenvalue weighted by Gasteiger charge is -2.36. The second-order valence-corrected chi connectivity index (χ2v) is 5.67. The monoisotopic (exact) mass is 316 g/mol. The lowest BCUT2D eigenvalue weighted by atomic mass is 9.93. The molecule has 0 radical (unpaired) electrons. The van der Waals surface area contributed by atoms with Gasteiger partial charge < -0.3 is 14.2 Å². The van der Waals surface area contributed by atoms with Crippen LogP contribution in [0.3, 0.4) is 0 Å². The van der Waals surface area contributed by atoms with Gasteiger partial charge in [0.1, 0.15) is 0 Å². The molecular formula is C19H40O3. The number of hydrogen-bond donors (Lipinski definition) is 0. The molecule has 0 amide bonds. The van der Waals surface area contributed by atoms with Crippen LogP contribution in [0.1, 0.15) is 78.6 Å². The van der Waals surface area contributed by atoms with E-state index in [0.717, 1.165) is 19.3 Å². The van der Waals surface area contributed by atoms with E-state index in [2.05, 4.69) is 20.4 Å². The summed E-state index contributed by atoms with van der Waals surface area (Å²) < 4.78 is 16.5. The fraction of sp³-hybridized carbons (Fsp3) is 0.895. The van der Waals surface area contributed by atoms with E-state index >= 15 is 0 Å². The smallest absolute Gasteiger partial charge is 0.285 e. The van der Waals surface area contributed by atoms with Gasteiger partial charge in [0.25, 0.3) is 5.97 Å². The Kier molecular flexibility index (Phi) is 18.4. The highest BCUT2D eigenvalue weighted by atomic mass is 16.9. The first-order valence-corrected chi connectivity index (χ1v) is 8.84. The molecule has 0 aliphatic heterocycles. The maximum atomic E-state index is 5.50. The van der Waals surface area contributed by atoms with Crippen molar-refractivity contribution in [3.8, 4) is 0 Å². The number of unbranched alkanes of at least 4 members (excludes halogenated alkanes) is 5. The lowest BCUT2D eigenvalue weighted by Crippen LogP contribution is -2.44. The summed E-state index contributed by atoms with van der Waals surface area (Å²) in [6.07, 6.45) is 12.9. The van der Waals surface area contributed by atoms with Crippen molar-refractivity contribution in [1.29, 1.82) is 0 Å². The second kappa shape index (κ2) is 17.0. The van der Waals surface area contributed by atoms with Gasteiger partial charge in [0.05, 0.1) is 0 Å². The van der Waals surface area contributed by atoms with E-state index in [4.69, 9.17) is 14.2 Å². The van der Waals surface area contributed by atoms with Crippen LogP contribution < -0.4 is 0 Å². The van der Waals surface area contributed by atoms with Crippen molar-refractivity contribution in [2.24, 2.45) is 5.92 Å². The third-order valence-corrected chi connectivity index (χ3v) is 3.90. The van der Waals surface area contributed by atoms with Crippen molar-refractivity contribution >= 4 is 0 Å². The number of rotatable bonds is 13. The van der Waals surface area contributed by atoms with Crippen molar-refractivity contribution in [1.82, 2.24) is 0 Å². The lowest BCUT2D eigenvalue weighted by molar-refractivity contribution is -0.380. The summed E-state index contributed by atoms with van der Waals surface area (Å²) in [7, 11) is 4.99. The molecule has 0 aliphatic carbocycles. The number of methoxy groups -OCH3 is 3. The van der Waals surface area contributed by atoms with E-state index in [9.17, 15) is 0 Å². The Morgan fingerprint density at radius 2 is 1.27 bits per heavy atom. The van der Waals surface area contributed by atoms with E-state index in [1.165, 1.54) is 38.5 Å². The zero-order valence-electron chi connectivity index (χ0n) is 16.0. The van der Waals surface area contributed by atoms with Crippen LogP contribution in [-0.4, -0.2) is 27.3 Å². The second-order valence-electron chi connectivity index (χ2n) is 5.67. The highest BCUT2D eigenvalue weighted by Crippen LogP contribution is 2.32. The molecule has 1 unspecified atom stereocenters. The normalized spacial score (nSPS) is 12.5. The summed E-state index contributed by atoms with van der Waals surface area (Å²) in [5, 5.41) is 0. The molecule has 0 heterocycles. The summed E-state index contributed by atoms with van der Waals surface area (Å²) in [6, 6.07) is 0. The Morgan fingerprint density at radius 3 is 1.68 bits per heavy atom. The number of allylic oxidation sites excluding steroid dienone is 1. The van der Waals surface area contributed by atoms with Gasteiger partial charge >= 0.3 is 0 Å². The zero-order chi connectivity index (χ0) is 17.3. The molecule has 0 aromatic rings. The van der Waals surface area contributed by atoms with E-state index in [0.29, 0.717) is 5.92 Å². The highest BCUT2D eigenvalue weighted by Gasteiger charge is 2.38. The molecule has 3 heteroatoms. The quantitative estimate of drug-likeness (QED) is 0.239. The van der Waals surface area contributed by atoms with Gasteiger partial charge in [-0.15, -0.1) is 6.58 Å². The Bertz CT molecular complexity index is 216. The SMILES string of the molecule is C=CC.CCCCCCCCC(CCC)C(OC)(OC)OC. The van der Waals surface area contributed by atoms with Gasteiger partial charge in [0.15, 0.2) is 0 Å². The van der Waals surface area contributed by atoms with Crippen LogP contribution in [0.2, 0.25) is 0 Å². The van der Waals surface area contributed by atoms with Crippen LogP contribution in [0.4, 0.5) is 0 Å². The standard InChI is InChI=1S/C16H34O3.C3H6/c1-6-8-9-10-11-12-14-15(13-7-2)16(17-3,18-4)19-5;1-3-2/h15H,6-14H2,1-5H3;3H,1H2,2H3. The molecule has 3 nitrogen and oxygen atoms in total. The molecule has 134 valence electrons. The van der Waals surface area contributed by atoms with E-state index < -0.39 is 5.97 Å². The van der Waals surface area contributed by atoms with E-state index in [1.54, 1.807) is 27.4 Å². The molecule has 0 saturated heterocycles. The van der Waals surface area contributed by atoms with Crippen molar-refractivity contribution < 1.29 is 14.2 Å². The number of ether oxygens (including phenoxy) is 3. The first-order valence-electron chi connectivity index (χ1n) is 8.84. The maximum Gasteiger partial charge on any atom is 0.285 e. The Hall–Kier alpha value is -0.380. The molecule has 0 aromatic heterocycles. The molecule has 0 rings (SSSR count). The van der Waals surface area contributed by atoms with Gasteiger partial charge in [0.2, 0.25) is 0 Å². The Morgan fingerprint density at radius 1 is 0.818 bits per heavy atom. The zero-order valence-corrected chi connectivity index (χ0v) is 16.0. The predicted octanol–water partition coefficient (Wildman–Crippen LogP) is 5.94. The van der Waals surface area contributed by atoms with Crippen molar-refractivity contribution in [2.45, 2.75) is 84.5 Å². The predicted molar refractivity (Wildman–Crippen MR) is 96.0 cm³/mol.